The summed E-state index contributed by atoms with van der Waals surface area (Å²) in [5.74, 6) is -1.00. The fourth-order valence-corrected chi connectivity index (χ4v) is 4.00. The molecule has 32 heavy (non-hydrogen) atoms. The van der Waals surface area contributed by atoms with E-state index < -0.39 is 23.0 Å². The van der Waals surface area contributed by atoms with Crippen molar-refractivity contribution >= 4 is 39.3 Å². The maximum Gasteiger partial charge on any atom is 0.335 e. The van der Waals surface area contributed by atoms with E-state index in [0.717, 1.165) is 20.2 Å². The number of carbonyl (C=O) groups is 1. The van der Waals surface area contributed by atoms with Crippen LogP contribution in [-0.4, -0.2) is 26.3 Å². The lowest BCUT2D eigenvalue weighted by molar-refractivity contribution is -0.114. The van der Waals surface area contributed by atoms with Crippen LogP contribution in [-0.2, 0) is 4.79 Å². The summed E-state index contributed by atoms with van der Waals surface area (Å²) in [7, 11) is 0. The minimum Gasteiger partial charge on any atom is -0.494 e. The second kappa shape index (κ2) is 8.08. The lowest BCUT2D eigenvalue weighted by Gasteiger charge is -2.15. The van der Waals surface area contributed by atoms with Crippen LogP contribution in [0, 0.1) is 13.8 Å². The lowest BCUT2D eigenvalue weighted by Crippen LogP contribution is -2.30. The van der Waals surface area contributed by atoms with E-state index in [0.29, 0.717) is 17.1 Å². The highest BCUT2D eigenvalue weighted by Gasteiger charge is 2.30. The number of hydrogen-bond acceptors (Lipinski definition) is 5. The van der Waals surface area contributed by atoms with Crippen LogP contribution in [0.4, 0.5) is 5.69 Å². The van der Waals surface area contributed by atoms with Gasteiger partial charge in [-0.05, 0) is 68.3 Å². The summed E-state index contributed by atoms with van der Waals surface area (Å²) >= 11 is 3.40. The van der Waals surface area contributed by atoms with Crippen LogP contribution in [0.15, 0.2) is 67.2 Å². The van der Waals surface area contributed by atoms with E-state index in [9.17, 15) is 19.5 Å². The van der Waals surface area contributed by atoms with Crippen molar-refractivity contribution in [3.8, 4) is 11.6 Å². The topological polar surface area (TPSA) is 108 Å². The Morgan fingerprint density at radius 2 is 1.81 bits per heavy atom. The molecule has 1 aliphatic rings. The summed E-state index contributed by atoms with van der Waals surface area (Å²) in [4.78, 5) is 40.3. The number of halogens is 1. The van der Waals surface area contributed by atoms with Gasteiger partial charge < -0.3 is 5.11 Å². The third-order valence-electron chi connectivity index (χ3n) is 5.12. The first-order valence-corrected chi connectivity index (χ1v) is 10.5. The molecule has 2 N–H and O–H groups in total. The standard InChI is InChI=1S/C23H19BrN4O4/c1-12-5-4-6-16(9-12)27-21(30)18(20(29)25-23(27)32)11-17-14(3)26-28(22(17)31)19-8-7-15(24)10-13(19)2/h4-11,30H,1-3H3,(H,25,29,32). The molecule has 0 atom stereocenters. The number of amides is 1. The number of H-pyrrole nitrogens is 1. The van der Waals surface area contributed by atoms with E-state index >= 15 is 0 Å². The molecule has 3 aromatic rings. The number of benzene rings is 2. The molecular weight excluding hydrogens is 476 g/mol. The van der Waals surface area contributed by atoms with Crippen molar-refractivity contribution in [1.82, 2.24) is 9.55 Å². The highest BCUT2D eigenvalue weighted by atomic mass is 79.9. The molecule has 0 bridgehead atoms. The molecule has 2 heterocycles. The summed E-state index contributed by atoms with van der Waals surface area (Å²) < 4.78 is 1.86. The van der Waals surface area contributed by atoms with Crippen molar-refractivity contribution in [1.29, 1.82) is 0 Å². The zero-order valence-electron chi connectivity index (χ0n) is 17.5. The number of aromatic hydroxyl groups is 1. The number of hydrazone groups is 1. The van der Waals surface area contributed by atoms with E-state index in [1.165, 1.54) is 11.1 Å². The summed E-state index contributed by atoms with van der Waals surface area (Å²) in [6.45, 7) is 5.34. The number of nitrogens with zero attached hydrogens (tertiary/aromatic N) is 3. The van der Waals surface area contributed by atoms with Crippen LogP contribution in [0.3, 0.4) is 0 Å². The second-order valence-corrected chi connectivity index (χ2v) is 8.38. The molecule has 9 heteroatoms. The van der Waals surface area contributed by atoms with Gasteiger partial charge in [-0.25, -0.2) is 9.36 Å². The molecule has 0 unspecified atom stereocenters. The fraction of sp³-hybridized carbons (Fsp3) is 0.130. The molecule has 0 radical (unpaired) electrons. The van der Waals surface area contributed by atoms with Crippen LogP contribution in [0.5, 0.6) is 5.88 Å². The van der Waals surface area contributed by atoms with E-state index in [1.807, 2.05) is 26.0 Å². The Bertz CT molecular complexity index is 1450. The largest absolute Gasteiger partial charge is 0.494 e. The van der Waals surface area contributed by atoms with E-state index in [2.05, 4.69) is 26.0 Å². The summed E-state index contributed by atoms with van der Waals surface area (Å²) in [5, 5.41) is 16.4. The van der Waals surface area contributed by atoms with Crippen LogP contribution in [0.2, 0.25) is 0 Å². The average molecular weight is 495 g/mol. The van der Waals surface area contributed by atoms with Gasteiger partial charge in [-0.1, -0.05) is 28.1 Å². The second-order valence-electron chi connectivity index (χ2n) is 7.46. The summed E-state index contributed by atoms with van der Waals surface area (Å²) in [6.07, 6.45) is 1.26. The van der Waals surface area contributed by atoms with Gasteiger partial charge in [0.1, 0.15) is 5.56 Å². The first-order valence-electron chi connectivity index (χ1n) is 9.70. The zero-order valence-corrected chi connectivity index (χ0v) is 19.1. The SMILES string of the molecule is CC1=NN(c2ccc(Br)cc2C)C(=O)C1=Cc1c(O)n(-c2cccc(C)c2)c(=O)[nH]c1=O. The van der Waals surface area contributed by atoms with Gasteiger partial charge in [0.2, 0.25) is 5.88 Å². The summed E-state index contributed by atoms with van der Waals surface area (Å²) in [5.41, 5.74) is 1.42. The Labute approximate surface area is 191 Å². The number of aromatic nitrogens is 2. The lowest BCUT2D eigenvalue weighted by atomic mass is 10.1. The fourth-order valence-electron chi connectivity index (χ4n) is 3.52. The van der Waals surface area contributed by atoms with Gasteiger partial charge in [0, 0.05) is 4.47 Å². The highest BCUT2D eigenvalue weighted by molar-refractivity contribution is 9.10. The van der Waals surface area contributed by atoms with Crippen molar-refractivity contribution in [3.63, 3.8) is 0 Å². The number of hydrogen-bond donors (Lipinski definition) is 2. The molecule has 0 saturated carbocycles. The Balaban J connectivity index is 1.83. The monoisotopic (exact) mass is 494 g/mol. The van der Waals surface area contributed by atoms with Gasteiger partial charge in [0.05, 0.1) is 22.7 Å². The van der Waals surface area contributed by atoms with Gasteiger partial charge in [0.25, 0.3) is 11.5 Å². The van der Waals surface area contributed by atoms with Crippen molar-refractivity contribution in [3.05, 3.63) is 90.0 Å². The molecule has 8 nitrogen and oxygen atoms in total. The Kier molecular flexibility index (Phi) is 5.43. The highest BCUT2D eigenvalue weighted by Crippen LogP contribution is 2.30. The zero-order chi connectivity index (χ0) is 23.2. The Morgan fingerprint density at radius 3 is 2.50 bits per heavy atom. The Hall–Kier alpha value is -3.72. The number of aromatic amines is 1. The number of carbonyl (C=O) groups excluding carboxylic acids is 1. The maximum absolute atomic E-state index is 13.1. The predicted octanol–water partition coefficient (Wildman–Crippen LogP) is 3.42. The van der Waals surface area contributed by atoms with Crippen molar-refractivity contribution in [2.24, 2.45) is 5.10 Å². The predicted molar refractivity (Wildman–Crippen MR) is 127 cm³/mol. The number of nitrogens with one attached hydrogen (secondary N) is 1. The smallest absolute Gasteiger partial charge is 0.335 e. The van der Waals surface area contributed by atoms with E-state index in [4.69, 9.17) is 0 Å². The molecule has 1 aliphatic heterocycles. The number of anilines is 1. The number of aryl methyl sites for hydroxylation is 2. The van der Waals surface area contributed by atoms with Crippen molar-refractivity contribution in [2.45, 2.75) is 20.8 Å². The van der Waals surface area contributed by atoms with E-state index in [-0.39, 0.29) is 11.1 Å². The van der Waals surface area contributed by atoms with Gasteiger partial charge in [-0.2, -0.15) is 10.1 Å². The molecule has 162 valence electrons. The van der Waals surface area contributed by atoms with Gasteiger partial charge >= 0.3 is 5.69 Å². The summed E-state index contributed by atoms with van der Waals surface area (Å²) in [6, 6.07) is 12.3. The minimum absolute atomic E-state index is 0.141. The normalized spacial score (nSPS) is 14.9. The molecule has 0 aliphatic carbocycles. The van der Waals surface area contributed by atoms with Crippen molar-refractivity contribution < 1.29 is 9.90 Å². The molecule has 1 amide bonds. The van der Waals surface area contributed by atoms with Gasteiger partial charge in [0.15, 0.2) is 0 Å². The quantitative estimate of drug-likeness (QED) is 0.543. The van der Waals surface area contributed by atoms with Gasteiger partial charge in [-0.3, -0.25) is 14.6 Å². The maximum atomic E-state index is 13.1. The first-order chi connectivity index (χ1) is 15.2. The van der Waals surface area contributed by atoms with E-state index in [1.54, 1.807) is 37.3 Å². The third-order valence-corrected chi connectivity index (χ3v) is 5.61. The molecule has 1 aromatic heterocycles. The van der Waals surface area contributed by atoms with Gasteiger partial charge in [-0.15, -0.1) is 0 Å². The van der Waals surface area contributed by atoms with Crippen LogP contribution < -0.4 is 16.3 Å². The minimum atomic E-state index is -0.803. The molecule has 4 rings (SSSR count). The van der Waals surface area contributed by atoms with Crippen LogP contribution in [0.1, 0.15) is 23.6 Å². The Morgan fingerprint density at radius 1 is 1.06 bits per heavy atom. The van der Waals surface area contributed by atoms with Crippen LogP contribution >= 0.6 is 15.9 Å². The van der Waals surface area contributed by atoms with Crippen molar-refractivity contribution in [2.75, 3.05) is 5.01 Å². The molecular formula is C23H19BrN4O4. The third kappa shape index (κ3) is 3.71. The average Bonchev–Trinajstić information content (AvgIpc) is 2.98. The molecule has 0 fully saturated rings. The van der Waals surface area contributed by atoms with Crippen LogP contribution in [0.25, 0.3) is 11.8 Å². The number of rotatable bonds is 3. The molecule has 2 aromatic carbocycles. The first kappa shape index (κ1) is 21.5. The molecule has 0 saturated heterocycles. The molecule has 0 spiro atoms.